The van der Waals surface area contributed by atoms with Crippen molar-refractivity contribution in [2.75, 3.05) is 5.32 Å². The number of amides is 2. The Labute approximate surface area is 92.5 Å². The van der Waals surface area contributed by atoms with Gasteiger partial charge in [0.15, 0.2) is 0 Å². The predicted molar refractivity (Wildman–Crippen MR) is 48.9 cm³/mol. The standard InChI is InChI=1S/C6H4F3N3O.CH3NO2/c7-6(8,9)4(13)12-5-10-2-1-3-11-5;2-1(3)4/h1-3H,(H,10,11,12,13);2H2,(H,3,4). The van der Waals surface area contributed by atoms with E-state index in [1.165, 1.54) is 23.8 Å². The van der Waals surface area contributed by atoms with Crippen LogP contribution in [0.15, 0.2) is 18.5 Å². The lowest BCUT2D eigenvalue weighted by Crippen LogP contribution is -2.30. The third-order valence-electron chi connectivity index (χ3n) is 1.05. The molecule has 0 aliphatic carbocycles. The van der Waals surface area contributed by atoms with Gasteiger partial charge in [0.2, 0.25) is 5.95 Å². The summed E-state index contributed by atoms with van der Waals surface area (Å²) in [5, 5.41) is 8.69. The molecule has 2 amide bonds. The second kappa shape index (κ2) is 6.25. The van der Waals surface area contributed by atoms with E-state index < -0.39 is 18.2 Å². The van der Waals surface area contributed by atoms with Crippen molar-refractivity contribution in [2.45, 2.75) is 6.18 Å². The molecule has 1 heterocycles. The van der Waals surface area contributed by atoms with Gasteiger partial charge in [-0.25, -0.2) is 14.8 Å². The van der Waals surface area contributed by atoms with Crippen LogP contribution in [-0.2, 0) is 4.79 Å². The summed E-state index contributed by atoms with van der Waals surface area (Å²) in [6.07, 6.45) is -3.81. The van der Waals surface area contributed by atoms with Gasteiger partial charge in [-0.05, 0) is 6.07 Å². The normalized spacial score (nSPS) is 9.82. The molecule has 0 radical (unpaired) electrons. The highest BCUT2D eigenvalue weighted by atomic mass is 19.4. The Morgan fingerprint density at radius 1 is 1.29 bits per heavy atom. The molecule has 0 saturated carbocycles. The minimum absolute atomic E-state index is 0.371. The van der Waals surface area contributed by atoms with E-state index in [-0.39, 0.29) is 5.95 Å². The summed E-state index contributed by atoms with van der Waals surface area (Å²) >= 11 is 0. The van der Waals surface area contributed by atoms with Crippen molar-refractivity contribution in [3.05, 3.63) is 18.5 Å². The lowest BCUT2D eigenvalue weighted by atomic mass is 10.6. The van der Waals surface area contributed by atoms with Crippen LogP contribution in [0.3, 0.4) is 0 Å². The minimum atomic E-state index is -4.92. The first-order valence-electron chi connectivity index (χ1n) is 3.87. The van der Waals surface area contributed by atoms with Gasteiger partial charge in [-0.1, -0.05) is 0 Å². The molecule has 94 valence electrons. The molecule has 1 aromatic heterocycles. The Morgan fingerprint density at radius 2 is 1.71 bits per heavy atom. The molecular weight excluding hydrogens is 245 g/mol. The van der Waals surface area contributed by atoms with Crippen LogP contribution >= 0.6 is 0 Å². The first kappa shape index (κ1) is 14.6. The van der Waals surface area contributed by atoms with Crippen molar-refractivity contribution >= 4 is 17.9 Å². The molecule has 0 fully saturated rings. The highest BCUT2D eigenvalue weighted by molar-refractivity contribution is 5.93. The highest BCUT2D eigenvalue weighted by Gasteiger charge is 2.39. The van der Waals surface area contributed by atoms with Gasteiger partial charge in [0.1, 0.15) is 0 Å². The van der Waals surface area contributed by atoms with Crippen molar-refractivity contribution in [1.29, 1.82) is 0 Å². The Kier molecular flexibility index (Phi) is 5.37. The molecule has 1 rings (SSSR count). The van der Waals surface area contributed by atoms with Gasteiger partial charge in [-0.2, -0.15) is 13.2 Å². The molecule has 1 aromatic rings. The van der Waals surface area contributed by atoms with Gasteiger partial charge in [0.05, 0.1) is 0 Å². The average molecular weight is 252 g/mol. The fraction of sp³-hybridized carbons (Fsp3) is 0.143. The van der Waals surface area contributed by atoms with Crippen molar-refractivity contribution in [2.24, 2.45) is 5.73 Å². The lowest BCUT2D eigenvalue weighted by molar-refractivity contribution is -0.167. The predicted octanol–water partition coefficient (Wildman–Crippen LogP) is 0.600. The Hall–Kier alpha value is -2.39. The summed E-state index contributed by atoms with van der Waals surface area (Å²) in [6.45, 7) is 0. The van der Waals surface area contributed by atoms with E-state index in [9.17, 15) is 18.0 Å². The van der Waals surface area contributed by atoms with Gasteiger partial charge < -0.3 is 10.8 Å². The number of primary amides is 1. The number of anilines is 1. The van der Waals surface area contributed by atoms with Crippen LogP contribution in [0, 0.1) is 0 Å². The minimum Gasteiger partial charge on any atom is -0.465 e. The molecule has 0 aromatic carbocycles. The van der Waals surface area contributed by atoms with Crippen LogP contribution in [0.2, 0.25) is 0 Å². The van der Waals surface area contributed by atoms with E-state index in [0.29, 0.717) is 0 Å². The Bertz CT molecular complexity index is 378. The number of hydrogen-bond donors (Lipinski definition) is 3. The second-order valence-corrected chi connectivity index (χ2v) is 2.36. The van der Waals surface area contributed by atoms with Crippen LogP contribution in [0.1, 0.15) is 0 Å². The van der Waals surface area contributed by atoms with E-state index in [1.807, 2.05) is 0 Å². The number of carbonyl (C=O) groups is 2. The van der Waals surface area contributed by atoms with E-state index in [4.69, 9.17) is 9.90 Å². The first-order chi connectivity index (χ1) is 7.73. The van der Waals surface area contributed by atoms with Crippen molar-refractivity contribution in [3.63, 3.8) is 0 Å². The topological polar surface area (TPSA) is 118 Å². The van der Waals surface area contributed by atoms with E-state index >= 15 is 0 Å². The molecule has 0 aliphatic heterocycles. The number of nitrogens with zero attached hydrogens (tertiary/aromatic N) is 2. The van der Waals surface area contributed by atoms with Crippen LogP contribution in [-0.4, -0.2) is 33.3 Å². The number of halogens is 3. The largest absolute Gasteiger partial charge is 0.471 e. The fourth-order valence-corrected chi connectivity index (χ4v) is 0.536. The quantitative estimate of drug-likeness (QED) is 0.676. The van der Waals surface area contributed by atoms with Gasteiger partial charge in [-0.15, -0.1) is 0 Å². The van der Waals surface area contributed by atoms with Gasteiger partial charge in [0.25, 0.3) is 0 Å². The van der Waals surface area contributed by atoms with Crippen LogP contribution in [0.5, 0.6) is 0 Å². The average Bonchev–Trinajstić information content (AvgIpc) is 2.16. The number of nitrogens with one attached hydrogen (secondary N) is 1. The summed E-state index contributed by atoms with van der Waals surface area (Å²) in [6, 6.07) is 1.42. The van der Waals surface area contributed by atoms with E-state index in [2.05, 4.69) is 15.7 Å². The molecule has 0 unspecified atom stereocenters. The number of alkyl halides is 3. The van der Waals surface area contributed by atoms with Gasteiger partial charge in [0, 0.05) is 12.4 Å². The molecule has 17 heavy (non-hydrogen) atoms. The molecule has 7 nitrogen and oxygen atoms in total. The first-order valence-corrected chi connectivity index (χ1v) is 3.87. The number of carboxylic acid groups (broad SMARTS) is 1. The maximum absolute atomic E-state index is 11.7. The number of rotatable bonds is 1. The summed E-state index contributed by atoms with van der Waals surface area (Å²) in [4.78, 5) is 25.9. The van der Waals surface area contributed by atoms with E-state index in [0.717, 1.165) is 0 Å². The highest BCUT2D eigenvalue weighted by Crippen LogP contribution is 2.15. The van der Waals surface area contributed by atoms with Crippen LogP contribution in [0.25, 0.3) is 0 Å². The summed E-state index contributed by atoms with van der Waals surface area (Å²) in [5.41, 5.74) is 4.03. The lowest BCUT2D eigenvalue weighted by Gasteiger charge is -2.04. The molecule has 0 spiro atoms. The third-order valence-corrected chi connectivity index (χ3v) is 1.05. The zero-order valence-electron chi connectivity index (χ0n) is 8.10. The van der Waals surface area contributed by atoms with Crippen LogP contribution < -0.4 is 11.1 Å². The number of aromatic nitrogens is 2. The fourth-order valence-electron chi connectivity index (χ4n) is 0.536. The molecule has 10 heteroatoms. The van der Waals surface area contributed by atoms with Crippen LogP contribution in [0.4, 0.5) is 23.9 Å². The Morgan fingerprint density at radius 3 is 2.06 bits per heavy atom. The molecule has 0 saturated heterocycles. The van der Waals surface area contributed by atoms with Crippen molar-refractivity contribution < 1.29 is 27.9 Å². The summed E-state index contributed by atoms with van der Waals surface area (Å²) < 4.78 is 35.0. The third kappa shape index (κ3) is 7.53. The smallest absolute Gasteiger partial charge is 0.465 e. The van der Waals surface area contributed by atoms with Crippen molar-refractivity contribution in [1.82, 2.24) is 9.97 Å². The van der Waals surface area contributed by atoms with Gasteiger partial charge in [-0.3, -0.25) is 10.1 Å². The van der Waals surface area contributed by atoms with Gasteiger partial charge >= 0.3 is 18.2 Å². The summed E-state index contributed by atoms with van der Waals surface area (Å²) in [5.74, 6) is -2.46. The SMILES string of the molecule is NC(=O)O.O=C(Nc1ncccn1)C(F)(F)F. The number of nitrogens with two attached hydrogens (primary N) is 1. The zero-order chi connectivity index (χ0) is 13.5. The molecule has 0 aliphatic rings. The van der Waals surface area contributed by atoms with E-state index in [1.54, 1.807) is 0 Å². The molecule has 4 N–H and O–H groups in total. The number of carbonyl (C=O) groups excluding carboxylic acids is 1. The van der Waals surface area contributed by atoms with Crippen molar-refractivity contribution in [3.8, 4) is 0 Å². The summed E-state index contributed by atoms with van der Waals surface area (Å²) in [7, 11) is 0. The monoisotopic (exact) mass is 252 g/mol. The maximum atomic E-state index is 11.7. The molecule has 0 bridgehead atoms. The number of hydrogen-bond acceptors (Lipinski definition) is 4. The molecule has 0 atom stereocenters. The second-order valence-electron chi connectivity index (χ2n) is 2.36. The zero-order valence-corrected chi connectivity index (χ0v) is 8.10. The maximum Gasteiger partial charge on any atom is 0.471 e. The Balaban J connectivity index is 0.000000557. The molecular formula is C7H7F3N4O3.